The maximum absolute atomic E-state index is 12.2. The summed E-state index contributed by atoms with van der Waals surface area (Å²) >= 11 is 2.56. The van der Waals surface area contributed by atoms with Gasteiger partial charge in [0, 0.05) is 38.4 Å². The van der Waals surface area contributed by atoms with Gasteiger partial charge in [0.15, 0.2) is 10.2 Å². The molecule has 5 nitrogen and oxygen atoms in total. The first-order chi connectivity index (χ1) is 10.1. The van der Waals surface area contributed by atoms with Gasteiger partial charge in [0.25, 0.3) is 0 Å². The standard InChI is InChI=1S/C15H25NO4S2/c1-10(17)21-8-12-6-16(14(19)20-15(3,4)5)7-13(12)9-22-11(2)18/h12-13H,6-9H2,1-5H3/t12-,13-/m1/s1. The van der Waals surface area contributed by atoms with Crippen molar-refractivity contribution in [2.45, 2.75) is 40.2 Å². The molecule has 126 valence electrons. The van der Waals surface area contributed by atoms with Crippen molar-refractivity contribution in [1.29, 1.82) is 0 Å². The van der Waals surface area contributed by atoms with Crippen molar-refractivity contribution in [2.24, 2.45) is 11.8 Å². The predicted molar refractivity (Wildman–Crippen MR) is 91.1 cm³/mol. The number of carbonyl (C=O) groups excluding carboxylic acids is 3. The van der Waals surface area contributed by atoms with Gasteiger partial charge in [-0.2, -0.15) is 0 Å². The predicted octanol–water partition coefficient (Wildman–Crippen LogP) is 3.03. The molecular formula is C15H25NO4S2. The Kier molecular flexibility index (Phi) is 7.25. The number of hydrogen-bond acceptors (Lipinski definition) is 6. The Morgan fingerprint density at radius 1 is 1.00 bits per heavy atom. The van der Waals surface area contributed by atoms with Crippen molar-refractivity contribution in [1.82, 2.24) is 4.90 Å². The second kappa shape index (κ2) is 8.24. The number of amides is 1. The molecule has 1 saturated heterocycles. The van der Waals surface area contributed by atoms with Crippen LogP contribution in [-0.4, -0.2) is 51.4 Å². The van der Waals surface area contributed by atoms with E-state index in [-0.39, 0.29) is 28.2 Å². The number of nitrogens with zero attached hydrogens (tertiary/aromatic N) is 1. The highest BCUT2D eigenvalue weighted by molar-refractivity contribution is 8.13. The third-order valence-electron chi connectivity index (χ3n) is 3.23. The van der Waals surface area contributed by atoms with Crippen LogP contribution in [0.2, 0.25) is 0 Å². The summed E-state index contributed by atoms with van der Waals surface area (Å²) in [6.07, 6.45) is -0.319. The van der Waals surface area contributed by atoms with Crippen LogP contribution in [0, 0.1) is 11.8 Å². The molecule has 0 aromatic heterocycles. The van der Waals surface area contributed by atoms with Crippen molar-refractivity contribution in [3.8, 4) is 0 Å². The molecule has 0 radical (unpaired) electrons. The molecule has 0 unspecified atom stereocenters. The Morgan fingerprint density at radius 2 is 1.41 bits per heavy atom. The molecule has 0 N–H and O–H groups in total. The molecule has 0 aromatic carbocycles. The van der Waals surface area contributed by atoms with Crippen molar-refractivity contribution >= 4 is 39.8 Å². The molecule has 22 heavy (non-hydrogen) atoms. The number of thioether (sulfide) groups is 2. The van der Waals surface area contributed by atoms with E-state index in [1.165, 1.54) is 23.5 Å². The first kappa shape index (κ1) is 19.4. The lowest BCUT2D eigenvalue weighted by atomic mass is 10.0. The average Bonchev–Trinajstić information content (AvgIpc) is 2.75. The summed E-state index contributed by atoms with van der Waals surface area (Å²) in [5, 5.41) is 0.155. The molecule has 1 rings (SSSR count). The minimum absolute atomic E-state index is 0.0775. The topological polar surface area (TPSA) is 63.7 Å². The lowest BCUT2D eigenvalue weighted by molar-refractivity contribution is -0.110. The van der Waals surface area contributed by atoms with Crippen LogP contribution in [0.3, 0.4) is 0 Å². The average molecular weight is 348 g/mol. The van der Waals surface area contributed by atoms with E-state index in [1.807, 2.05) is 20.8 Å². The monoisotopic (exact) mass is 347 g/mol. The second-order valence-electron chi connectivity index (χ2n) is 6.51. The first-order valence-corrected chi connectivity index (χ1v) is 9.30. The molecule has 7 heteroatoms. The first-order valence-electron chi connectivity index (χ1n) is 7.33. The van der Waals surface area contributed by atoms with Crippen LogP contribution in [0.15, 0.2) is 0 Å². The number of hydrogen-bond donors (Lipinski definition) is 0. The quantitative estimate of drug-likeness (QED) is 0.779. The number of ether oxygens (including phenoxy) is 1. The minimum atomic E-state index is -0.521. The van der Waals surface area contributed by atoms with Gasteiger partial charge in [0.05, 0.1) is 0 Å². The number of rotatable bonds is 4. The highest BCUT2D eigenvalue weighted by Gasteiger charge is 2.37. The fourth-order valence-electron chi connectivity index (χ4n) is 2.24. The van der Waals surface area contributed by atoms with Crippen molar-refractivity contribution in [3.05, 3.63) is 0 Å². The smallest absolute Gasteiger partial charge is 0.410 e. The highest BCUT2D eigenvalue weighted by atomic mass is 32.2. The fourth-order valence-corrected chi connectivity index (χ4v) is 3.89. The van der Waals surface area contributed by atoms with E-state index in [0.717, 1.165) is 0 Å². The van der Waals surface area contributed by atoms with Crippen molar-refractivity contribution in [3.63, 3.8) is 0 Å². The summed E-state index contributed by atoms with van der Waals surface area (Å²) in [4.78, 5) is 36.2. The highest BCUT2D eigenvalue weighted by Crippen LogP contribution is 2.31. The Balaban J connectivity index is 2.65. The van der Waals surface area contributed by atoms with E-state index in [4.69, 9.17) is 4.74 Å². The van der Waals surface area contributed by atoms with Gasteiger partial charge >= 0.3 is 6.09 Å². The molecule has 0 aliphatic carbocycles. The van der Waals surface area contributed by atoms with Gasteiger partial charge in [0.1, 0.15) is 5.60 Å². The Bertz CT molecular complexity index is 408. The molecule has 0 aromatic rings. The summed E-state index contributed by atoms with van der Waals surface area (Å²) in [5.41, 5.74) is -0.521. The molecule has 1 heterocycles. The van der Waals surface area contributed by atoms with Gasteiger partial charge in [-0.05, 0) is 32.6 Å². The maximum atomic E-state index is 12.2. The Hall–Kier alpha value is -0.690. The molecule has 1 fully saturated rings. The zero-order valence-electron chi connectivity index (χ0n) is 13.9. The van der Waals surface area contributed by atoms with Gasteiger partial charge in [0.2, 0.25) is 0 Å². The molecule has 1 aliphatic heterocycles. The summed E-state index contributed by atoms with van der Waals surface area (Å²) in [5.74, 6) is 1.79. The zero-order valence-corrected chi connectivity index (χ0v) is 15.5. The van der Waals surface area contributed by atoms with E-state index in [2.05, 4.69) is 0 Å². The van der Waals surface area contributed by atoms with Gasteiger partial charge in [-0.15, -0.1) is 0 Å². The molecule has 2 atom stereocenters. The fraction of sp³-hybridized carbons (Fsp3) is 0.800. The molecule has 0 spiro atoms. The second-order valence-corrected chi connectivity index (χ2v) is 8.90. The maximum Gasteiger partial charge on any atom is 0.410 e. The van der Waals surface area contributed by atoms with Crippen LogP contribution in [0.25, 0.3) is 0 Å². The van der Waals surface area contributed by atoms with E-state index >= 15 is 0 Å². The van der Waals surface area contributed by atoms with Gasteiger partial charge < -0.3 is 9.64 Å². The van der Waals surface area contributed by atoms with Gasteiger partial charge in [-0.25, -0.2) is 4.79 Å². The van der Waals surface area contributed by atoms with Crippen LogP contribution >= 0.6 is 23.5 Å². The van der Waals surface area contributed by atoms with E-state index < -0.39 is 5.60 Å². The molecule has 1 amide bonds. The normalized spacial score (nSPS) is 21.8. The largest absolute Gasteiger partial charge is 0.444 e. The molecule has 1 aliphatic rings. The van der Waals surface area contributed by atoms with Crippen LogP contribution in [0.1, 0.15) is 34.6 Å². The Labute approximate surface area is 140 Å². The summed E-state index contributed by atoms with van der Waals surface area (Å²) in [6.45, 7) is 9.78. The van der Waals surface area contributed by atoms with Crippen molar-refractivity contribution < 1.29 is 19.1 Å². The van der Waals surface area contributed by atoms with Crippen LogP contribution in [0.5, 0.6) is 0 Å². The molecule has 0 bridgehead atoms. The lowest BCUT2D eigenvalue weighted by Gasteiger charge is -2.24. The Morgan fingerprint density at radius 3 is 1.73 bits per heavy atom. The summed E-state index contributed by atoms with van der Waals surface area (Å²) < 4.78 is 5.41. The third kappa shape index (κ3) is 7.05. The van der Waals surface area contributed by atoms with Crippen LogP contribution < -0.4 is 0 Å². The van der Waals surface area contributed by atoms with Crippen LogP contribution in [0.4, 0.5) is 4.79 Å². The van der Waals surface area contributed by atoms with E-state index in [0.29, 0.717) is 24.6 Å². The summed E-state index contributed by atoms with van der Waals surface area (Å²) in [6, 6.07) is 0. The zero-order chi connectivity index (χ0) is 16.9. The van der Waals surface area contributed by atoms with Crippen molar-refractivity contribution in [2.75, 3.05) is 24.6 Å². The molecule has 0 saturated carbocycles. The van der Waals surface area contributed by atoms with Crippen LogP contribution in [-0.2, 0) is 14.3 Å². The third-order valence-corrected chi connectivity index (χ3v) is 5.23. The minimum Gasteiger partial charge on any atom is -0.444 e. The molecular weight excluding hydrogens is 322 g/mol. The van der Waals surface area contributed by atoms with Gasteiger partial charge in [-0.3, -0.25) is 9.59 Å². The van der Waals surface area contributed by atoms with E-state index in [1.54, 1.807) is 18.7 Å². The summed E-state index contributed by atoms with van der Waals surface area (Å²) in [7, 11) is 0. The number of carbonyl (C=O) groups is 3. The van der Waals surface area contributed by atoms with Gasteiger partial charge in [-0.1, -0.05) is 23.5 Å². The van der Waals surface area contributed by atoms with E-state index in [9.17, 15) is 14.4 Å². The number of likely N-dealkylation sites (tertiary alicyclic amines) is 1. The lowest BCUT2D eigenvalue weighted by Crippen LogP contribution is -2.35. The SMILES string of the molecule is CC(=O)SC[C@H]1CN(C(=O)OC(C)(C)C)C[C@@H]1CSC(C)=O.